The summed E-state index contributed by atoms with van der Waals surface area (Å²) in [5.74, 6) is 0.671. The third-order valence-electron chi connectivity index (χ3n) is 6.55. The van der Waals surface area contributed by atoms with Gasteiger partial charge in [0.05, 0.1) is 11.6 Å². The SMILES string of the molecule is N#Cc1cccc(CN2CC[C@]3(CCC[C@@H]3C(=O)N3CCCC3)C2)c1. The summed E-state index contributed by atoms with van der Waals surface area (Å²) in [6.07, 6.45) is 6.97. The lowest BCUT2D eigenvalue weighted by molar-refractivity contribution is -0.137. The molecule has 0 radical (unpaired) electrons. The summed E-state index contributed by atoms with van der Waals surface area (Å²) in [4.78, 5) is 17.6. The van der Waals surface area contributed by atoms with E-state index < -0.39 is 0 Å². The van der Waals surface area contributed by atoms with Gasteiger partial charge >= 0.3 is 0 Å². The average molecular weight is 337 g/mol. The first-order chi connectivity index (χ1) is 12.2. The molecule has 1 aliphatic carbocycles. The Balaban J connectivity index is 1.44. The van der Waals surface area contributed by atoms with Crippen molar-refractivity contribution < 1.29 is 4.79 Å². The van der Waals surface area contributed by atoms with Crippen molar-refractivity contribution in [3.8, 4) is 6.07 Å². The Bertz CT molecular complexity index is 689. The Labute approximate surface area is 150 Å². The van der Waals surface area contributed by atoms with Gasteiger partial charge in [0.25, 0.3) is 0 Å². The molecule has 1 saturated carbocycles. The van der Waals surface area contributed by atoms with Gasteiger partial charge in [0.1, 0.15) is 0 Å². The van der Waals surface area contributed by atoms with Gasteiger partial charge < -0.3 is 4.90 Å². The first kappa shape index (κ1) is 16.6. The van der Waals surface area contributed by atoms with E-state index in [4.69, 9.17) is 5.26 Å². The van der Waals surface area contributed by atoms with Gasteiger partial charge in [-0.05, 0) is 61.8 Å². The number of carbonyl (C=O) groups excluding carboxylic acids is 1. The molecule has 0 unspecified atom stereocenters. The standard InChI is InChI=1S/C21H27N3O/c22-14-17-5-3-6-18(13-17)15-23-12-9-21(16-23)8-4-7-19(21)20(25)24-10-1-2-11-24/h3,5-6,13,19H,1-2,4,7-12,15-16H2/t19-,21-/m1/s1. The number of amides is 1. The molecule has 1 aromatic rings. The Hall–Kier alpha value is -1.86. The van der Waals surface area contributed by atoms with E-state index in [2.05, 4.69) is 21.9 Å². The van der Waals surface area contributed by atoms with Crippen LogP contribution in [-0.2, 0) is 11.3 Å². The molecular formula is C21H27N3O. The summed E-state index contributed by atoms with van der Waals surface area (Å²) in [5, 5.41) is 9.08. The van der Waals surface area contributed by atoms with Crippen LogP contribution in [0.2, 0.25) is 0 Å². The van der Waals surface area contributed by atoms with E-state index in [0.717, 1.165) is 51.1 Å². The van der Waals surface area contributed by atoms with Crippen molar-refractivity contribution >= 4 is 5.91 Å². The Morgan fingerprint density at radius 3 is 2.84 bits per heavy atom. The lowest BCUT2D eigenvalue weighted by Crippen LogP contribution is -2.42. The van der Waals surface area contributed by atoms with Crippen molar-refractivity contribution in [3.05, 3.63) is 35.4 Å². The van der Waals surface area contributed by atoms with Crippen molar-refractivity contribution in [1.29, 1.82) is 5.26 Å². The third kappa shape index (κ3) is 3.18. The molecule has 1 amide bonds. The fraction of sp³-hybridized carbons (Fsp3) is 0.619. The largest absolute Gasteiger partial charge is 0.342 e. The Morgan fingerprint density at radius 1 is 1.20 bits per heavy atom. The third-order valence-corrected chi connectivity index (χ3v) is 6.55. The van der Waals surface area contributed by atoms with Crippen molar-refractivity contribution in [2.45, 2.75) is 45.1 Å². The number of carbonyl (C=O) groups is 1. The first-order valence-electron chi connectivity index (χ1n) is 9.70. The minimum atomic E-state index is 0.201. The van der Waals surface area contributed by atoms with Gasteiger partial charge in [-0.3, -0.25) is 9.69 Å². The van der Waals surface area contributed by atoms with E-state index >= 15 is 0 Å². The number of nitrogens with zero attached hydrogens (tertiary/aromatic N) is 3. The Kier molecular flexibility index (Phi) is 4.52. The summed E-state index contributed by atoms with van der Waals surface area (Å²) >= 11 is 0. The molecule has 1 aromatic carbocycles. The molecule has 1 spiro atoms. The van der Waals surface area contributed by atoms with E-state index in [-0.39, 0.29) is 11.3 Å². The topological polar surface area (TPSA) is 47.3 Å². The minimum Gasteiger partial charge on any atom is -0.342 e. The summed E-state index contributed by atoms with van der Waals surface area (Å²) in [5.41, 5.74) is 2.14. The fourth-order valence-electron chi connectivity index (χ4n) is 5.29. The van der Waals surface area contributed by atoms with E-state index in [0.29, 0.717) is 5.91 Å². The maximum absolute atomic E-state index is 13.0. The monoisotopic (exact) mass is 337 g/mol. The molecule has 2 heterocycles. The minimum absolute atomic E-state index is 0.201. The molecule has 132 valence electrons. The van der Waals surface area contributed by atoms with Crippen LogP contribution in [0, 0.1) is 22.7 Å². The second-order valence-electron chi connectivity index (χ2n) is 8.11. The number of rotatable bonds is 3. The molecule has 4 nitrogen and oxygen atoms in total. The van der Waals surface area contributed by atoms with Crippen molar-refractivity contribution in [1.82, 2.24) is 9.80 Å². The summed E-state index contributed by atoms with van der Waals surface area (Å²) in [6.45, 7) is 4.93. The quantitative estimate of drug-likeness (QED) is 0.851. The first-order valence-corrected chi connectivity index (χ1v) is 9.70. The highest BCUT2D eigenvalue weighted by atomic mass is 16.2. The summed E-state index contributed by atoms with van der Waals surface area (Å²) < 4.78 is 0. The highest BCUT2D eigenvalue weighted by Crippen LogP contribution is 2.50. The molecule has 25 heavy (non-hydrogen) atoms. The van der Waals surface area contributed by atoms with Gasteiger partial charge in [-0.15, -0.1) is 0 Å². The van der Waals surface area contributed by atoms with Gasteiger partial charge in [-0.1, -0.05) is 18.6 Å². The number of hydrogen-bond donors (Lipinski definition) is 0. The van der Waals surface area contributed by atoms with Crippen LogP contribution < -0.4 is 0 Å². The van der Waals surface area contributed by atoms with Crippen LogP contribution in [0.1, 0.15) is 49.7 Å². The highest BCUT2D eigenvalue weighted by Gasteiger charge is 2.51. The van der Waals surface area contributed by atoms with Crippen LogP contribution in [0.4, 0.5) is 0 Å². The van der Waals surface area contributed by atoms with Crippen LogP contribution in [0.5, 0.6) is 0 Å². The molecule has 0 aromatic heterocycles. The predicted octanol–water partition coefficient (Wildman–Crippen LogP) is 3.17. The molecule has 2 saturated heterocycles. The molecule has 4 heteroatoms. The van der Waals surface area contributed by atoms with Gasteiger partial charge in [-0.25, -0.2) is 0 Å². The summed E-state index contributed by atoms with van der Waals surface area (Å²) in [7, 11) is 0. The fourth-order valence-corrected chi connectivity index (χ4v) is 5.29. The predicted molar refractivity (Wildman–Crippen MR) is 96.6 cm³/mol. The summed E-state index contributed by atoms with van der Waals surface area (Å²) in [6, 6.07) is 10.1. The normalized spacial score (nSPS) is 29.4. The zero-order valence-electron chi connectivity index (χ0n) is 14.9. The molecule has 0 N–H and O–H groups in total. The van der Waals surface area contributed by atoms with Gasteiger partial charge in [0.2, 0.25) is 5.91 Å². The number of likely N-dealkylation sites (tertiary alicyclic amines) is 2. The van der Waals surface area contributed by atoms with Crippen molar-refractivity contribution in [2.24, 2.45) is 11.3 Å². The molecule has 0 bridgehead atoms. The molecule has 2 atom stereocenters. The smallest absolute Gasteiger partial charge is 0.226 e. The van der Waals surface area contributed by atoms with Crippen LogP contribution in [0.25, 0.3) is 0 Å². The second kappa shape index (κ2) is 6.80. The van der Waals surface area contributed by atoms with Crippen molar-refractivity contribution in [3.63, 3.8) is 0 Å². The van der Waals surface area contributed by atoms with Crippen molar-refractivity contribution in [2.75, 3.05) is 26.2 Å². The highest BCUT2D eigenvalue weighted by molar-refractivity contribution is 5.80. The zero-order valence-corrected chi connectivity index (χ0v) is 14.9. The molecule has 3 fully saturated rings. The maximum Gasteiger partial charge on any atom is 0.226 e. The molecule has 2 aliphatic heterocycles. The maximum atomic E-state index is 13.0. The van der Waals surface area contributed by atoms with Crippen LogP contribution in [0.15, 0.2) is 24.3 Å². The lowest BCUT2D eigenvalue weighted by Gasteiger charge is -2.33. The second-order valence-corrected chi connectivity index (χ2v) is 8.11. The van der Waals surface area contributed by atoms with Gasteiger partial charge in [-0.2, -0.15) is 5.26 Å². The molecule has 3 aliphatic rings. The van der Waals surface area contributed by atoms with E-state index in [9.17, 15) is 4.79 Å². The van der Waals surface area contributed by atoms with E-state index in [1.54, 1.807) is 0 Å². The van der Waals surface area contributed by atoms with Gasteiger partial charge in [0, 0.05) is 32.1 Å². The van der Waals surface area contributed by atoms with Crippen LogP contribution in [-0.4, -0.2) is 41.9 Å². The number of hydrogen-bond acceptors (Lipinski definition) is 3. The zero-order chi connectivity index (χ0) is 17.3. The van der Waals surface area contributed by atoms with E-state index in [1.165, 1.54) is 31.2 Å². The number of benzene rings is 1. The van der Waals surface area contributed by atoms with Gasteiger partial charge in [0.15, 0.2) is 0 Å². The Morgan fingerprint density at radius 2 is 2.04 bits per heavy atom. The van der Waals surface area contributed by atoms with Crippen LogP contribution >= 0.6 is 0 Å². The van der Waals surface area contributed by atoms with E-state index in [1.807, 2.05) is 18.2 Å². The number of nitriles is 1. The lowest BCUT2D eigenvalue weighted by atomic mass is 9.76. The average Bonchev–Trinajstić information content (AvgIpc) is 3.37. The molecule has 4 rings (SSSR count). The molecular weight excluding hydrogens is 310 g/mol. The van der Waals surface area contributed by atoms with Crippen LogP contribution in [0.3, 0.4) is 0 Å².